The van der Waals surface area contributed by atoms with E-state index in [4.69, 9.17) is 4.74 Å². The van der Waals surface area contributed by atoms with Crippen molar-refractivity contribution in [3.63, 3.8) is 0 Å². The molecule has 2 aromatic carbocycles. The number of fused-ring (bicyclic) bond motifs is 2. The standard InChI is InChI=1S/C19H18N2O3S/c1-24-17-8-7-15-11-16-9-10-21(19(16)20-18(15)12-17)25(22,23)13-14-5-3-2-4-6-14/h2-8,11-12H,9-10,13H2,1H3. The predicted molar refractivity (Wildman–Crippen MR) is 98.4 cm³/mol. The number of hydrogen-bond acceptors (Lipinski definition) is 4. The summed E-state index contributed by atoms with van der Waals surface area (Å²) in [6.07, 6.45) is 0.679. The average Bonchev–Trinajstić information content (AvgIpc) is 3.03. The lowest BCUT2D eigenvalue weighted by Crippen LogP contribution is -2.30. The van der Waals surface area contributed by atoms with E-state index in [1.165, 1.54) is 4.31 Å². The molecule has 2 heterocycles. The molecule has 0 fully saturated rings. The molecule has 5 nitrogen and oxygen atoms in total. The second-order valence-corrected chi connectivity index (χ2v) is 7.99. The van der Waals surface area contributed by atoms with Crippen LogP contribution in [0, 0.1) is 0 Å². The predicted octanol–water partition coefficient (Wildman–Crippen LogP) is 3.14. The third-order valence-electron chi connectivity index (χ3n) is 4.43. The normalized spacial score (nSPS) is 13.9. The molecule has 1 aromatic heterocycles. The van der Waals surface area contributed by atoms with Gasteiger partial charge in [-0.3, -0.25) is 4.31 Å². The van der Waals surface area contributed by atoms with Crippen molar-refractivity contribution in [2.24, 2.45) is 0 Å². The second kappa shape index (κ2) is 6.04. The van der Waals surface area contributed by atoms with Gasteiger partial charge in [0.05, 0.1) is 18.4 Å². The number of rotatable bonds is 4. The molecule has 3 aromatic rings. The zero-order valence-electron chi connectivity index (χ0n) is 13.8. The Hall–Kier alpha value is -2.60. The van der Waals surface area contributed by atoms with E-state index in [9.17, 15) is 8.42 Å². The van der Waals surface area contributed by atoms with Gasteiger partial charge in [-0.15, -0.1) is 0 Å². The molecule has 4 rings (SSSR count). The van der Waals surface area contributed by atoms with Crippen LogP contribution in [-0.2, 0) is 22.2 Å². The fraction of sp³-hybridized carbons (Fsp3) is 0.211. The summed E-state index contributed by atoms with van der Waals surface area (Å²) in [7, 11) is -1.87. The maximum Gasteiger partial charge on any atom is 0.240 e. The number of nitrogens with zero attached hydrogens (tertiary/aromatic N) is 2. The van der Waals surface area contributed by atoms with E-state index in [0.29, 0.717) is 24.5 Å². The molecule has 0 spiro atoms. The molecule has 6 heteroatoms. The van der Waals surface area contributed by atoms with Crippen molar-refractivity contribution < 1.29 is 13.2 Å². The maximum absolute atomic E-state index is 12.9. The largest absolute Gasteiger partial charge is 0.497 e. The summed E-state index contributed by atoms with van der Waals surface area (Å²) in [5.74, 6) is 1.22. The summed E-state index contributed by atoms with van der Waals surface area (Å²) in [6, 6.07) is 16.9. The topological polar surface area (TPSA) is 59.5 Å². The van der Waals surface area contributed by atoms with Gasteiger partial charge in [0.25, 0.3) is 0 Å². The maximum atomic E-state index is 12.9. The first-order valence-corrected chi connectivity index (χ1v) is 9.70. The van der Waals surface area contributed by atoms with E-state index in [1.54, 1.807) is 7.11 Å². The molecular formula is C19H18N2O3S. The van der Waals surface area contributed by atoms with Crippen molar-refractivity contribution in [3.8, 4) is 5.75 Å². The van der Waals surface area contributed by atoms with E-state index >= 15 is 0 Å². The first kappa shape index (κ1) is 15.9. The van der Waals surface area contributed by atoms with Crippen molar-refractivity contribution in [2.75, 3.05) is 18.0 Å². The summed E-state index contributed by atoms with van der Waals surface area (Å²) in [5, 5.41) is 0.988. The highest BCUT2D eigenvalue weighted by molar-refractivity contribution is 7.92. The minimum Gasteiger partial charge on any atom is -0.497 e. The number of sulfonamides is 1. The lowest BCUT2D eigenvalue weighted by molar-refractivity contribution is 0.415. The lowest BCUT2D eigenvalue weighted by Gasteiger charge is -2.19. The van der Waals surface area contributed by atoms with Crippen molar-refractivity contribution in [3.05, 3.63) is 65.7 Å². The molecule has 25 heavy (non-hydrogen) atoms. The number of pyridine rings is 1. The Bertz CT molecular complexity index is 1030. The molecule has 0 saturated heterocycles. The fourth-order valence-electron chi connectivity index (χ4n) is 3.17. The highest BCUT2D eigenvalue weighted by Crippen LogP contribution is 2.33. The van der Waals surface area contributed by atoms with Gasteiger partial charge in [0, 0.05) is 18.0 Å². The summed E-state index contributed by atoms with van der Waals surface area (Å²) in [4.78, 5) is 4.62. The van der Waals surface area contributed by atoms with Gasteiger partial charge in [-0.25, -0.2) is 13.4 Å². The SMILES string of the molecule is COc1ccc2cc3c(nc2c1)N(S(=O)(=O)Cc1ccccc1)CC3. The Morgan fingerprint density at radius 2 is 1.92 bits per heavy atom. The Morgan fingerprint density at radius 1 is 1.12 bits per heavy atom. The van der Waals surface area contributed by atoms with Crippen LogP contribution in [0.2, 0.25) is 0 Å². The van der Waals surface area contributed by atoms with Gasteiger partial charge in [0.15, 0.2) is 0 Å². The van der Waals surface area contributed by atoms with Gasteiger partial charge in [-0.2, -0.15) is 0 Å². The lowest BCUT2D eigenvalue weighted by atomic mass is 10.1. The summed E-state index contributed by atoms with van der Waals surface area (Å²) in [5.41, 5.74) is 2.48. The minimum absolute atomic E-state index is 0.0227. The van der Waals surface area contributed by atoms with Crippen LogP contribution in [0.5, 0.6) is 5.75 Å². The number of aromatic nitrogens is 1. The molecule has 0 aliphatic carbocycles. The van der Waals surface area contributed by atoms with E-state index in [2.05, 4.69) is 4.98 Å². The van der Waals surface area contributed by atoms with Crippen LogP contribution in [-0.4, -0.2) is 27.1 Å². The number of anilines is 1. The molecule has 0 amide bonds. The number of benzene rings is 2. The third kappa shape index (κ3) is 2.93. The molecule has 0 radical (unpaired) electrons. The Labute approximate surface area is 146 Å². The van der Waals surface area contributed by atoms with Crippen LogP contribution in [0.15, 0.2) is 54.6 Å². The van der Waals surface area contributed by atoms with Gasteiger partial charge in [-0.05, 0) is 35.7 Å². The van der Waals surface area contributed by atoms with E-state index in [1.807, 2.05) is 54.6 Å². The van der Waals surface area contributed by atoms with Crippen LogP contribution in [0.1, 0.15) is 11.1 Å². The number of ether oxygens (including phenoxy) is 1. The minimum atomic E-state index is -3.47. The first-order chi connectivity index (χ1) is 12.1. The van der Waals surface area contributed by atoms with Gasteiger partial charge in [0.1, 0.15) is 11.6 Å². The molecular weight excluding hydrogens is 336 g/mol. The molecule has 1 aliphatic rings. The average molecular weight is 354 g/mol. The summed E-state index contributed by atoms with van der Waals surface area (Å²) in [6.45, 7) is 0.435. The van der Waals surface area contributed by atoms with E-state index < -0.39 is 10.0 Å². The Kier molecular flexibility index (Phi) is 3.84. The molecule has 0 saturated carbocycles. The van der Waals surface area contributed by atoms with Crippen LogP contribution in [0.25, 0.3) is 10.9 Å². The summed E-state index contributed by atoms with van der Waals surface area (Å²) >= 11 is 0. The molecule has 128 valence electrons. The van der Waals surface area contributed by atoms with Gasteiger partial charge in [-0.1, -0.05) is 30.3 Å². The van der Waals surface area contributed by atoms with E-state index in [0.717, 1.165) is 22.0 Å². The first-order valence-electron chi connectivity index (χ1n) is 8.09. The molecule has 0 bridgehead atoms. The highest BCUT2D eigenvalue weighted by atomic mass is 32.2. The van der Waals surface area contributed by atoms with Crippen molar-refractivity contribution in [2.45, 2.75) is 12.2 Å². The Morgan fingerprint density at radius 3 is 2.68 bits per heavy atom. The molecule has 0 atom stereocenters. The number of methoxy groups -OCH3 is 1. The van der Waals surface area contributed by atoms with Crippen molar-refractivity contribution in [1.82, 2.24) is 4.98 Å². The van der Waals surface area contributed by atoms with Gasteiger partial charge in [0.2, 0.25) is 10.0 Å². The fourth-order valence-corrected chi connectivity index (χ4v) is 4.73. The smallest absolute Gasteiger partial charge is 0.240 e. The zero-order chi connectivity index (χ0) is 17.4. The van der Waals surface area contributed by atoms with Crippen molar-refractivity contribution >= 4 is 26.7 Å². The molecule has 0 N–H and O–H groups in total. The van der Waals surface area contributed by atoms with Crippen LogP contribution in [0.4, 0.5) is 5.82 Å². The van der Waals surface area contributed by atoms with Gasteiger partial charge >= 0.3 is 0 Å². The second-order valence-electron chi connectivity index (χ2n) is 6.09. The van der Waals surface area contributed by atoms with Crippen LogP contribution >= 0.6 is 0 Å². The van der Waals surface area contributed by atoms with Gasteiger partial charge < -0.3 is 4.74 Å². The quantitative estimate of drug-likeness (QED) is 0.722. The van der Waals surface area contributed by atoms with Crippen LogP contribution < -0.4 is 9.04 Å². The monoisotopic (exact) mass is 354 g/mol. The molecule has 1 aliphatic heterocycles. The summed E-state index contributed by atoms with van der Waals surface area (Å²) < 4.78 is 32.5. The molecule has 0 unspecified atom stereocenters. The highest BCUT2D eigenvalue weighted by Gasteiger charge is 2.31. The number of hydrogen-bond donors (Lipinski definition) is 0. The Balaban J connectivity index is 1.74. The third-order valence-corrected chi connectivity index (χ3v) is 6.15. The zero-order valence-corrected chi connectivity index (χ0v) is 14.7. The van der Waals surface area contributed by atoms with Crippen molar-refractivity contribution in [1.29, 1.82) is 0 Å². The van der Waals surface area contributed by atoms with Crippen LogP contribution in [0.3, 0.4) is 0 Å². The van der Waals surface area contributed by atoms with E-state index in [-0.39, 0.29) is 5.75 Å².